The number of hydrogen-bond acceptors (Lipinski definition) is 1. The summed E-state index contributed by atoms with van der Waals surface area (Å²) < 4.78 is 0. The molecule has 1 saturated carbocycles. The van der Waals surface area contributed by atoms with Crippen LogP contribution in [0.1, 0.15) is 46.0 Å². The summed E-state index contributed by atoms with van der Waals surface area (Å²) in [4.78, 5) is 2.70. The van der Waals surface area contributed by atoms with Crippen LogP contribution >= 0.6 is 15.9 Å². The van der Waals surface area contributed by atoms with Crippen LogP contribution in [0.3, 0.4) is 0 Å². The summed E-state index contributed by atoms with van der Waals surface area (Å²) in [6.45, 7) is 8.81. The second-order valence-electron chi connectivity index (χ2n) is 6.07. The van der Waals surface area contributed by atoms with Crippen molar-refractivity contribution >= 4 is 15.9 Å². The van der Waals surface area contributed by atoms with E-state index < -0.39 is 0 Å². The summed E-state index contributed by atoms with van der Waals surface area (Å²) in [6.07, 6.45) is 7.05. The maximum absolute atomic E-state index is 3.67. The van der Waals surface area contributed by atoms with Crippen molar-refractivity contribution < 1.29 is 0 Å². The molecule has 1 nitrogen and oxygen atoms in total. The normalized spacial score (nSPS) is 29.0. The minimum absolute atomic E-state index is 0.640. The molecule has 2 rings (SSSR count). The van der Waals surface area contributed by atoms with Crippen LogP contribution in [0.4, 0.5) is 0 Å². The number of halogens is 1. The Bertz CT molecular complexity index is 215. The van der Waals surface area contributed by atoms with Gasteiger partial charge in [-0.2, -0.15) is 0 Å². The Balaban J connectivity index is 1.79. The van der Waals surface area contributed by atoms with Gasteiger partial charge in [0.1, 0.15) is 0 Å². The van der Waals surface area contributed by atoms with E-state index in [2.05, 4.69) is 34.7 Å². The Morgan fingerprint density at radius 3 is 2.13 bits per heavy atom. The van der Waals surface area contributed by atoms with Gasteiger partial charge < -0.3 is 4.90 Å². The van der Waals surface area contributed by atoms with Gasteiger partial charge in [0.25, 0.3) is 0 Å². The highest BCUT2D eigenvalue weighted by Crippen LogP contribution is 2.48. The van der Waals surface area contributed by atoms with Gasteiger partial charge >= 0.3 is 0 Å². The van der Waals surface area contributed by atoms with E-state index in [1.807, 2.05) is 0 Å². The summed E-state index contributed by atoms with van der Waals surface area (Å²) in [5.74, 6) is 0. The monoisotopic (exact) mass is 273 g/mol. The highest BCUT2D eigenvalue weighted by atomic mass is 79.9. The molecule has 2 heteroatoms. The van der Waals surface area contributed by atoms with E-state index in [0.717, 1.165) is 0 Å². The van der Waals surface area contributed by atoms with E-state index in [1.165, 1.54) is 57.1 Å². The first kappa shape index (κ1) is 11.9. The van der Waals surface area contributed by atoms with Crippen LogP contribution in [-0.4, -0.2) is 29.9 Å². The molecule has 1 aliphatic heterocycles. The van der Waals surface area contributed by atoms with Crippen molar-refractivity contribution in [2.75, 3.05) is 25.0 Å². The molecule has 0 N–H and O–H groups in total. The van der Waals surface area contributed by atoms with Crippen molar-refractivity contribution in [3.63, 3.8) is 0 Å². The van der Waals surface area contributed by atoms with Crippen molar-refractivity contribution in [1.29, 1.82) is 0 Å². The number of piperidine rings is 1. The molecule has 1 saturated heterocycles. The largest absolute Gasteiger partial charge is 0.303 e. The second kappa shape index (κ2) is 4.37. The fourth-order valence-electron chi connectivity index (χ4n) is 2.59. The Morgan fingerprint density at radius 2 is 1.73 bits per heavy atom. The molecule has 1 heterocycles. The van der Waals surface area contributed by atoms with Gasteiger partial charge in [-0.05, 0) is 49.6 Å². The zero-order chi connectivity index (χ0) is 10.9. The summed E-state index contributed by atoms with van der Waals surface area (Å²) in [7, 11) is 0. The second-order valence-corrected chi connectivity index (χ2v) is 6.63. The van der Waals surface area contributed by atoms with E-state index in [4.69, 9.17) is 0 Å². The molecule has 0 aromatic rings. The molecule has 0 atom stereocenters. The Labute approximate surface area is 103 Å². The number of rotatable bonds is 4. The van der Waals surface area contributed by atoms with Gasteiger partial charge in [0.05, 0.1) is 0 Å². The SMILES string of the molecule is CCC1(C)CCN(CC2(CBr)CC2)CC1. The zero-order valence-corrected chi connectivity index (χ0v) is 11.8. The fraction of sp³-hybridized carbons (Fsp3) is 1.00. The molecular formula is C13H24BrN. The number of nitrogens with zero attached hydrogens (tertiary/aromatic N) is 1. The van der Waals surface area contributed by atoms with Gasteiger partial charge in [0.2, 0.25) is 0 Å². The lowest BCUT2D eigenvalue weighted by atomic mass is 9.78. The van der Waals surface area contributed by atoms with Gasteiger partial charge in [-0.25, -0.2) is 0 Å². The highest BCUT2D eigenvalue weighted by Gasteiger charge is 2.43. The van der Waals surface area contributed by atoms with Crippen LogP contribution in [0.2, 0.25) is 0 Å². The predicted molar refractivity (Wildman–Crippen MR) is 69.5 cm³/mol. The number of hydrogen-bond donors (Lipinski definition) is 0. The molecule has 2 fully saturated rings. The third kappa shape index (κ3) is 2.76. The lowest BCUT2D eigenvalue weighted by Gasteiger charge is -2.40. The molecule has 0 aromatic heterocycles. The van der Waals surface area contributed by atoms with Crippen molar-refractivity contribution in [1.82, 2.24) is 4.90 Å². The van der Waals surface area contributed by atoms with Gasteiger partial charge in [0, 0.05) is 11.9 Å². The van der Waals surface area contributed by atoms with E-state index in [1.54, 1.807) is 0 Å². The average molecular weight is 274 g/mol. The minimum atomic E-state index is 0.640. The molecule has 0 bridgehead atoms. The van der Waals surface area contributed by atoms with Crippen molar-refractivity contribution in [3.05, 3.63) is 0 Å². The molecule has 0 radical (unpaired) electrons. The lowest BCUT2D eigenvalue weighted by molar-refractivity contribution is 0.101. The third-order valence-electron chi connectivity index (χ3n) is 4.72. The first-order valence-electron chi connectivity index (χ1n) is 6.40. The van der Waals surface area contributed by atoms with Gasteiger partial charge in [-0.3, -0.25) is 0 Å². The molecule has 0 spiro atoms. The van der Waals surface area contributed by atoms with Gasteiger partial charge in [0.15, 0.2) is 0 Å². The van der Waals surface area contributed by atoms with E-state index in [9.17, 15) is 0 Å². The molecule has 15 heavy (non-hydrogen) atoms. The minimum Gasteiger partial charge on any atom is -0.303 e. The number of likely N-dealkylation sites (tertiary alicyclic amines) is 1. The van der Waals surface area contributed by atoms with Gasteiger partial charge in [-0.1, -0.05) is 36.2 Å². The quantitative estimate of drug-likeness (QED) is 0.707. The van der Waals surface area contributed by atoms with Gasteiger partial charge in [-0.15, -0.1) is 0 Å². The van der Waals surface area contributed by atoms with Crippen molar-refractivity contribution in [2.45, 2.75) is 46.0 Å². The zero-order valence-electron chi connectivity index (χ0n) is 10.2. The summed E-state index contributed by atoms with van der Waals surface area (Å²) in [5, 5.41) is 1.21. The maximum Gasteiger partial charge on any atom is 0.0100 e. The van der Waals surface area contributed by atoms with Crippen LogP contribution < -0.4 is 0 Å². The summed E-state index contributed by atoms with van der Waals surface area (Å²) in [5.41, 5.74) is 1.31. The predicted octanol–water partition coefficient (Wildman–Crippen LogP) is 3.67. The van der Waals surface area contributed by atoms with E-state index in [-0.39, 0.29) is 0 Å². The molecule has 1 aliphatic carbocycles. The molecule has 2 aliphatic rings. The molecule has 0 aromatic carbocycles. The smallest absolute Gasteiger partial charge is 0.0100 e. The van der Waals surface area contributed by atoms with Crippen LogP contribution in [-0.2, 0) is 0 Å². The fourth-order valence-corrected chi connectivity index (χ4v) is 3.33. The molecule has 0 unspecified atom stereocenters. The summed E-state index contributed by atoms with van der Waals surface area (Å²) >= 11 is 3.67. The van der Waals surface area contributed by atoms with E-state index in [0.29, 0.717) is 10.8 Å². The van der Waals surface area contributed by atoms with Crippen LogP contribution in [0.5, 0.6) is 0 Å². The van der Waals surface area contributed by atoms with Crippen LogP contribution in [0.15, 0.2) is 0 Å². The molecule has 88 valence electrons. The van der Waals surface area contributed by atoms with E-state index >= 15 is 0 Å². The Hall–Kier alpha value is 0.440. The van der Waals surface area contributed by atoms with Crippen LogP contribution in [0, 0.1) is 10.8 Å². The van der Waals surface area contributed by atoms with Crippen molar-refractivity contribution in [2.24, 2.45) is 10.8 Å². The Kier molecular flexibility index (Phi) is 3.47. The first-order valence-corrected chi connectivity index (χ1v) is 7.52. The molecular weight excluding hydrogens is 250 g/mol. The molecule has 0 amide bonds. The third-order valence-corrected chi connectivity index (χ3v) is 5.91. The van der Waals surface area contributed by atoms with Crippen molar-refractivity contribution in [3.8, 4) is 0 Å². The highest BCUT2D eigenvalue weighted by molar-refractivity contribution is 9.09. The lowest BCUT2D eigenvalue weighted by Crippen LogP contribution is -2.41. The standard InChI is InChI=1S/C13H24BrN/c1-3-12(2)6-8-15(9-7-12)11-13(10-14)4-5-13/h3-11H2,1-2H3. The topological polar surface area (TPSA) is 3.24 Å². The number of alkyl halides is 1. The average Bonchev–Trinajstić information content (AvgIpc) is 3.03. The Morgan fingerprint density at radius 1 is 1.13 bits per heavy atom. The summed E-state index contributed by atoms with van der Waals surface area (Å²) in [6, 6.07) is 0. The maximum atomic E-state index is 3.67. The van der Waals surface area contributed by atoms with Crippen LogP contribution in [0.25, 0.3) is 0 Å². The first-order chi connectivity index (χ1) is 7.11.